The third-order valence-corrected chi connectivity index (χ3v) is 5.33. The third-order valence-electron chi connectivity index (χ3n) is 3.14. The average Bonchev–Trinajstić information content (AvgIpc) is 2.75. The fourth-order valence-electron chi connectivity index (χ4n) is 2.02. The second-order valence-electron chi connectivity index (χ2n) is 4.44. The first-order valence-corrected chi connectivity index (χ1v) is 9.03. The summed E-state index contributed by atoms with van der Waals surface area (Å²) in [6.07, 6.45) is 5.20. The SMILES string of the molecule is CCC(CC)C1CN=C(NCCCS(C)=O)S1. The minimum Gasteiger partial charge on any atom is -0.365 e. The van der Waals surface area contributed by atoms with E-state index in [0.29, 0.717) is 5.25 Å². The van der Waals surface area contributed by atoms with Crippen molar-refractivity contribution in [1.29, 1.82) is 0 Å². The van der Waals surface area contributed by atoms with Gasteiger partial charge in [0.15, 0.2) is 5.17 Å². The van der Waals surface area contributed by atoms with Crippen molar-refractivity contribution < 1.29 is 4.21 Å². The number of aliphatic imine (C=N–C) groups is 1. The van der Waals surface area contributed by atoms with Gasteiger partial charge in [0.1, 0.15) is 0 Å². The summed E-state index contributed by atoms with van der Waals surface area (Å²) in [5, 5.41) is 5.10. The molecule has 0 aromatic heterocycles. The first kappa shape index (κ1) is 15.0. The van der Waals surface area contributed by atoms with Crippen LogP contribution in [-0.2, 0) is 10.8 Å². The van der Waals surface area contributed by atoms with E-state index in [1.165, 1.54) is 12.8 Å². The van der Waals surface area contributed by atoms with Crippen molar-refractivity contribution in [3.8, 4) is 0 Å². The van der Waals surface area contributed by atoms with E-state index < -0.39 is 10.8 Å². The van der Waals surface area contributed by atoms with Gasteiger partial charge in [-0.3, -0.25) is 9.20 Å². The molecule has 0 aliphatic carbocycles. The Morgan fingerprint density at radius 2 is 2.24 bits per heavy atom. The molecular weight excluding hydrogens is 252 g/mol. The lowest BCUT2D eigenvalue weighted by Crippen LogP contribution is -2.23. The molecule has 0 spiro atoms. The quantitative estimate of drug-likeness (QED) is 0.725. The topological polar surface area (TPSA) is 41.5 Å². The summed E-state index contributed by atoms with van der Waals surface area (Å²) in [7, 11) is -0.672. The van der Waals surface area contributed by atoms with Crippen molar-refractivity contribution in [1.82, 2.24) is 5.32 Å². The van der Waals surface area contributed by atoms with Gasteiger partial charge in [-0.2, -0.15) is 0 Å². The second kappa shape index (κ2) is 8.14. The van der Waals surface area contributed by atoms with Gasteiger partial charge >= 0.3 is 0 Å². The van der Waals surface area contributed by atoms with Gasteiger partial charge in [0, 0.05) is 34.6 Å². The highest BCUT2D eigenvalue weighted by Gasteiger charge is 2.25. The summed E-state index contributed by atoms with van der Waals surface area (Å²) in [5.74, 6) is 1.56. The molecule has 17 heavy (non-hydrogen) atoms. The molecule has 1 aliphatic heterocycles. The van der Waals surface area contributed by atoms with Gasteiger partial charge in [-0.15, -0.1) is 0 Å². The summed E-state index contributed by atoms with van der Waals surface area (Å²) >= 11 is 1.89. The molecule has 0 saturated heterocycles. The summed E-state index contributed by atoms with van der Waals surface area (Å²) in [6, 6.07) is 0. The van der Waals surface area contributed by atoms with Crippen molar-refractivity contribution >= 4 is 27.7 Å². The van der Waals surface area contributed by atoms with Crippen LogP contribution in [0.5, 0.6) is 0 Å². The first-order valence-electron chi connectivity index (χ1n) is 6.42. The van der Waals surface area contributed by atoms with Crippen molar-refractivity contribution in [3.63, 3.8) is 0 Å². The molecule has 0 saturated carbocycles. The highest BCUT2D eigenvalue weighted by atomic mass is 32.2. The maximum Gasteiger partial charge on any atom is 0.156 e. The minimum atomic E-state index is -0.672. The molecule has 1 rings (SSSR count). The Bertz CT molecular complexity index is 278. The highest BCUT2D eigenvalue weighted by molar-refractivity contribution is 8.14. The maximum atomic E-state index is 10.9. The smallest absolute Gasteiger partial charge is 0.156 e. The average molecular weight is 276 g/mol. The Morgan fingerprint density at radius 1 is 1.53 bits per heavy atom. The van der Waals surface area contributed by atoms with E-state index >= 15 is 0 Å². The molecule has 3 nitrogen and oxygen atoms in total. The van der Waals surface area contributed by atoms with Crippen LogP contribution in [0.15, 0.2) is 4.99 Å². The molecule has 0 aromatic rings. The molecule has 0 radical (unpaired) electrons. The van der Waals surface area contributed by atoms with Crippen LogP contribution in [0.2, 0.25) is 0 Å². The Balaban J connectivity index is 2.18. The maximum absolute atomic E-state index is 10.9. The molecule has 100 valence electrons. The van der Waals surface area contributed by atoms with E-state index in [2.05, 4.69) is 24.2 Å². The van der Waals surface area contributed by atoms with Crippen LogP contribution in [0.3, 0.4) is 0 Å². The zero-order valence-electron chi connectivity index (χ0n) is 11.1. The molecule has 5 heteroatoms. The molecule has 0 fully saturated rings. The van der Waals surface area contributed by atoms with Gasteiger partial charge in [-0.25, -0.2) is 0 Å². The standard InChI is InChI=1S/C12H24N2OS2/c1-4-10(5-2)11-9-14-12(16-11)13-7-6-8-17(3)15/h10-11H,4-9H2,1-3H3,(H,13,14). The molecule has 0 bridgehead atoms. The van der Waals surface area contributed by atoms with Gasteiger partial charge in [0.2, 0.25) is 0 Å². The number of hydrogen-bond donors (Lipinski definition) is 1. The predicted molar refractivity (Wildman–Crippen MR) is 79.3 cm³/mol. The zero-order valence-corrected chi connectivity index (χ0v) is 12.7. The first-order chi connectivity index (χ1) is 8.17. The van der Waals surface area contributed by atoms with Crippen LogP contribution in [0.1, 0.15) is 33.1 Å². The normalized spacial score (nSPS) is 21.6. The summed E-state index contributed by atoms with van der Waals surface area (Å²) in [5.41, 5.74) is 0. The summed E-state index contributed by atoms with van der Waals surface area (Å²) < 4.78 is 10.9. The molecule has 0 aromatic carbocycles. The van der Waals surface area contributed by atoms with E-state index in [-0.39, 0.29) is 0 Å². The zero-order chi connectivity index (χ0) is 12.7. The molecular formula is C12H24N2OS2. The predicted octanol–water partition coefficient (Wildman–Crippen LogP) is 2.25. The van der Waals surface area contributed by atoms with Gasteiger partial charge in [-0.1, -0.05) is 38.5 Å². The number of amidine groups is 1. The van der Waals surface area contributed by atoms with E-state index in [1.54, 1.807) is 6.26 Å². The van der Waals surface area contributed by atoms with Gasteiger partial charge in [0.05, 0.1) is 6.54 Å². The van der Waals surface area contributed by atoms with Crippen LogP contribution in [-0.4, -0.2) is 39.7 Å². The minimum absolute atomic E-state index is 0.660. The van der Waals surface area contributed by atoms with Crippen molar-refractivity contribution in [2.45, 2.75) is 38.4 Å². The Kier molecular flexibility index (Phi) is 7.19. The van der Waals surface area contributed by atoms with E-state index in [9.17, 15) is 4.21 Å². The fraction of sp³-hybridized carbons (Fsp3) is 0.917. The molecule has 1 heterocycles. The largest absolute Gasteiger partial charge is 0.365 e. The van der Waals surface area contributed by atoms with Crippen molar-refractivity contribution in [2.75, 3.05) is 25.1 Å². The lowest BCUT2D eigenvalue weighted by molar-refractivity contribution is 0.479. The van der Waals surface area contributed by atoms with Crippen molar-refractivity contribution in [3.05, 3.63) is 0 Å². The molecule has 2 atom stereocenters. The number of nitrogens with zero attached hydrogens (tertiary/aromatic N) is 1. The summed E-state index contributed by atoms with van der Waals surface area (Å²) in [4.78, 5) is 4.54. The molecule has 0 amide bonds. The number of nitrogens with one attached hydrogen (secondary N) is 1. The van der Waals surface area contributed by atoms with Crippen LogP contribution >= 0.6 is 11.8 Å². The molecule has 1 N–H and O–H groups in total. The molecule has 2 unspecified atom stereocenters. The van der Waals surface area contributed by atoms with Gasteiger partial charge in [0.25, 0.3) is 0 Å². The van der Waals surface area contributed by atoms with Crippen LogP contribution < -0.4 is 5.32 Å². The summed E-state index contributed by atoms with van der Waals surface area (Å²) in [6.45, 7) is 6.37. The second-order valence-corrected chi connectivity index (χ2v) is 7.22. The van der Waals surface area contributed by atoms with E-state index in [0.717, 1.165) is 36.3 Å². The van der Waals surface area contributed by atoms with Crippen molar-refractivity contribution in [2.24, 2.45) is 10.9 Å². The van der Waals surface area contributed by atoms with Crippen LogP contribution in [0, 0.1) is 5.92 Å². The lowest BCUT2D eigenvalue weighted by atomic mass is 9.99. The van der Waals surface area contributed by atoms with E-state index in [1.807, 2.05) is 11.8 Å². The number of thioether (sulfide) groups is 1. The number of hydrogen-bond acceptors (Lipinski definition) is 4. The Hall–Kier alpha value is -0.0300. The molecule has 1 aliphatic rings. The van der Waals surface area contributed by atoms with E-state index in [4.69, 9.17) is 0 Å². The van der Waals surface area contributed by atoms with Crippen LogP contribution in [0.4, 0.5) is 0 Å². The fourth-order valence-corrected chi connectivity index (χ4v) is 3.92. The highest BCUT2D eigenvalue weighted by Crippen LogP contribution is 2.30. The lowest BCUT2D eigenvalue weighted by Gasteiger charge is -2.18. The third kappa shape index (κ3) is 5.42. The van der Waals surface area contributed by atoms with Crippen LogP contribution in [0.25, 0.3) is 0 Å². The van der Waals surface area contributed by atoms with Gasteiger partial charge in [-0.05, 0) is 12.3 Å². The Labute approximate surface area is 112 Å². The van der Waals surface area contributed by atoms with Gasteiger partial charge < -0.3 is 5.32 Å². The number of rotatable bonds is 7. The monoisotopic (exact) mass is 276 g/mol. The Morgan fingerprint density at radius 3 is 2.82 bits per heavy atom.